The Morgan fingerprint density at radius 3 is 2.42 bits per heavy atom. The van der Waals surface area contributed by atoms with Gasteiger partial charge in [-0.1, -0.05) is 12.1 Å². The summed E-state index contributed by atoms with van der Waals surface area (Å²) < 4.78 is 28.3. The molecule has 0 fully saturated rings. The van der Waals surface area contributed by atoms with Crippen LogP contribution in [0.4, 0.5) is 30.8 Å². The highest BCUT2D eigenvalue weighted by Crippen LogP contribution is 2.29. The summed E-state index contributed by atoms with van der Waals surface area (Å²) in [6.07, 6.45) is 3.04. The predicted octanol–water partition coefficient (Wildman–Crippen LogP) is 4.75. The molecule has 8 nitrogen and oxygen atoms in total. The number of nitrogens with two attached hydrogens (primary N) is 1. The van der Waals surface area contributed by atoms with Crippen molar-refractivity contribution in [1.29, 1.82) is 0 Å². The van der Waals surface area contributed by atoms with Gasteiger partial charge in [-0.05, 0) is 38.1 Å². The van der Waals surface area contributed by atoms with Crippen molar-refractivity contribution in [2.45, 2.75) is 19.9 Å². The molecule has 168 valence electrons. The molecule has 0 aliphatic heterocycles. The normalized spacial score (nSPS) is 11.1. The van der Waals surface area contributed by atoms with Crippen molar-refractivity contribution in [3.05, 3.63) is 77.8 Å². The molecule has 0 saturated heterocycles. The number of nitrogens with zero attached hydrogens (tertiary/aromatic N) is 3. The molecule has 2 amide bonds. The van der Waals surface area contributed by atoms with Crippen LogP contribution >= 0.6 is 0 Å². The van der Waals surface area contributed by atoms with Crippen LogP contribution in [0, 0.1) is 11.6 Å². The number of hydrogen-bond donors (Lipinski definition) is 3. The fraction of sp³-hybridized carbons (Fsp3) is 0.130. The monoisotopic (exact) mass is 450 g/mol. The van der Waals surface area contributed by atoms with Gasteiger partial charge in [0.05, 0.1) is 10.9 Å². The molecule has 4 rings (SSSR count). The van der Waals surface area contributed by atoms with E-state index < -0.39 is 17.7 Å². The summed E-state index contributed by atoms with van der Waals surface area (Å²) in [4.78, 5) is 33.9. The minimum Gasteiger partial charge on any atom is -0.383 e. The zero-order chi connectivity index (χ0) is 23.7. The highest BCUT2D eigenvalue weighted by atomic mass is 19.2. The van der Waals surface area contributed by atoms with Crippen LogP contribution in [-0.4, -0.2) is 26.3 Å². The Balaban J connectivity index is 1.60. The van der Waals surface area contributed by atoms with E-state index in [4.69, 9.17) is 5.73 Å². The molecular weight excluding hydrogens is 430 g/mol. The van der Waals surface area contributed by atoms with Crippen LogP contribution in [0.5, 0.6) is 0 Å². The third-order valence-corrected chi connectivity index (χ3v) is 5.00. The topological polar surface area (TPSA) is 115 Å². The lowest BCUT2D eigenvalue weighted by Crippen LogP contribution is -2.19. The molecule has 2 heterocycles. The molecule has 0 atom stereocenters. The number of halogens is 2. The molecule has 0 radical (unpaired) electrons. The highest BCUT2D eigenvalue weighted by Gasteiger charge is 2.21. The van der Waals surface area contributed by atoms with Crippen molar-refractivity contribution in [1.82, 2.24) is 14.5 Å². The number of rotatable bonds is 5. The van der Waals surface area contributed by atoms with Crippen LogP contribution in [0.25, 0.3) is 11.0 Å². The number of carbonyl (C=O) groups is 2. The number of benzene rings is 2. The molecule has 0 unspecified atom stereocenters. The molecule has 0 spiro atoms. The number of nitrogen functional groups attached to an aromatic ring is 1. The summed E-state index contributed by atoms with van der Waals surface area (Å²) in [6, 6.07) is 8.69. The largest absolute Gasteiger partial charge is 0.383 e. The summed E-state index contributed by atoms with van der Waals surface area (Å²) in [6.45, 7) is 3.92. The number of ketones is 1. The summed E-state index contributed by atoms with van der Waals surface area (Å²) in [5.74, 6) is -2.21. The third kappa shape index (κ3) is 4.36. The molecule has 33 heavy (non-hydrogen) atoms. The van der Waals surface area contributed by atoms with E-state index >= 15 is 0 Å². The van der Waals surface area contributed by atoms with Gasteiger partial charge in [0.15, 0.2) is 17.4 Å². The molecule has 0 aliphatic rings. The van der Waals surface area contributed by atoms with Crippen LogP contribution < -0.4 is 16.4 Å². The fourth-order valence-corrected chi connectivity index (χ4v) is 3.44. The summed E-state index contributed by atoms with van der Waals surface area (Å²) in [5, 5.41) is 5.44. The first-order chi connectivity index (χ1) is 15.7. The Hall–Kier alpha value is -4.34. The van der Waals surface area contributed by atoms with Crippen LogP contribution in [0.15, 0.2) is 55.0 Å². The molecule has 0 aliphatic carbocycles. The lowest BCUT2D eigenvalue weighted by molar-refractivity contribution is 0.104. The average molecular weight is 450 g/mol. The van der Waals surface area contributed by atoms with E-state index in [9.17, 15) is 18.4 Å². The first kappa shape index (κ1) is 21.9. The van der Waals surface area contributed by atoms with Crippen molar-refractivity contribution >= 4 is 40.0 Å². The molecule has 2 aromatic carbocycles. The Labute approximate surface area is 187 Å². The maximum atomic E-state index is 13.3. The van der Waals surface area contributed by atoms with Gasteiger partial charge in [-0.2, -0.15) is 0 Å². The zero-order valence-corrected chi connectivity index (χ0v) is 17.8. The van der Waals surface area contributed by atoms with E-state index in [2.05, 4.69) is 20.6 Å². The summed E-state index contributed by atoms with van der Waals surface area (Å²) in [7, 11) is 0. The first-order valence-electron chi connectivity index (χ1n) is 10.0. The first-order valence-corrected chi connectivity index (χ1v) is 10.0. The smallest absolute Gasteiger partial charge is 0.323 e. The summed E-state index contributed by atoms with van der Waals surface area (Å²) >= 11 is 0. The van der Waals surface area contributed by atoms with Crippen LogP contribution in [0.3, 0.4) is 0 Å². The number of anilines is 3. The molecule has 4 N–H and O–H groups in total. The van der Waals surface area contributed by atoms with Gasteiger partial charge in [0.1, 0.15) is 17.8 Å². The van der Waals surface area contributed by atoms with E-state index in [0.717, 1.165) is 12.1 Å². The SMILES string of the molecule is CC(C)n1cc(C(=O)c2cccc(NC(=O)Nc3ccc(F)c(F)c3)c2)c2c(N)ncnc21. The van der Waals surface area contributed by atoms with Crippen molar-refractivity contribution < 1.29 is 18.4 Å². The maximum Gasteiger partial charge on any atom is 0.323 e. The van der Waals surface area contributed by atoms with Crippen molar-refractivity contribution in [2.24, 2.45) is 0 Å². The van der Waals surface area contributed by atoms with Crippen LogP contribution in [-0.2, 0) is 0 Å². The quantitative estimate of drug-likeness (QED) is 0.380. The molecule has 4 aromatic rings. The Kier molecular flexibility index (Phi) is 5.74. The Morgan fingerprint density at radius 2 is 1.73 bits per heavy atom. The molecule has 10 heteroatoms. The molecule has 0 saturated carbocycles. The Morgan fingerprint density at radius 1 is 1.00 bits per heavy atom. The lowest BCUT2D eigenvalue weighted by Gasteiger charge is -2.09. The minimum atomic E-state index is -1.08. The van der Waals surface area contributed by atoms with Crippen molar-refractivity contribution in [3.8, 4) is 0 Å². The molecular formula is C23H20F2N6O2. The van der Waals surface area contributed by atoms with Gasteiger partial charge in [0, 0.05) is 35.2 Å². The van der Waals surface area contributed by atoms with Gasteiger partial charge >= 0.3 is 6.03 Å². The zero-order valence-electron chi connectivity index (χ0n) is 17.8. The van der Waals surface area contributed by atoms with Gasteiger partial charge in [0.25, 0.3) is 0 Å². The number of fused-ring (bicyclic) bond motifs is 1. The number of aromatic nitrogens is 3. The predicted molar refractivity (Wildman–Crippen MR) is 121 cm³/mol. The van der Waals surface area contributed by atoms with E-state index in [1.807, 2.05) is 18.4 Å². The van der Waals surface area contributed by atoms with E-state index in [0.29, 0.717) is 27.8 Å². The number of nitrogens with one attached hydrogen (secondary N) is 2. The minimum absolute atomic E-state index is 0.0383. The van der Waals surface area contributed by atoms with E-state index in [-0.39, 0.29) is 23.3 Å². The molecule has 2 aromatic heterocycles. The van der Waals surface area contributed by atoms with Gasteiger partial charge in [0.2, 0.25) is 0 Å². The summed E-state index contributed by atoms with van der Waals surface area (Å²) in [5.41, 5.74) is 7.67. The van der Waals surface area contributed by atoms with Crippen molar-refractivity contribution in [3.63, 3.8) is 0 Å². The van der Waals surface area contributed by atoms with Gasteiger partial charge in [-0.15, -0.1) is 0 Å². The van der Waals surface area contributed by atoms with Gasteiger partial charge in [-0.25, -0.2) is 23.5 Å². The fourth-order valence-electron chi connectivity index (χ4n) is 3.44. The third-order valence-electron chi connectivity index (χ3n) is 5.00. The van der Waals surface area contributed by atoms with E-state index in [1.54, 1.807) is 24.4 Å². The number of hydrogen-bond acceptors (Lipinski definition) is 5. The number of urea groups is 1. The number of carbonyl (C=O) groups excluding carboxylic acids is 2. The second-order valence-electron chi connectivity index (χ2n) is 7.62. The van der Waals surface area contributed by atoms with E-state index in [1.165, 1.54) is 18.5 Å². The standard InChI is InChI=1S/C23H20F2N6O2/c1-12(2)31-10-16(19-21(26)27-11-28-22(19)31)20(32)13-4-3-5-14(8-13)29-23(33)30-15-6-7-17(24)18(25)9-15/h3-12H,1-2H3,(H2,26,27,28)(H2,29,30,33). The maximum absolute atomic E-state index is 13.3. The second-order valence-corrected chi connectivity index (χ2v) is 7.62. The van der Waals surface area contributed by atoms with Crippen molar-refractivity contribution in [2.75, 3.05) is 16.4 Å². The average Bonchev–Trinajstić information content (AvgIpc) is 3.17. The second kappa shape index (κ2) is 8.65. The highest BCUT2D eigenvalue weighted by molar-refractivity contribution is 6.18. The lowest BCUT2D eigenvalue weighted by atomic mass is 10.0. The van der Waals surface area contributed by atoms with Gasteiger partial charge < -0.3 is 20.9 Å². The van der Waals surface area contributed by atoms with Gasteiger partial charge in [-0.3, -0.25) is 4.79 Å². The number of amides is 2. The Bertz CT molecular complexity index is 1380. The van der Waals surface area contributed by atoms with Crippen LogP contribution in [0.1, 0.15) is 35.8 Å². The van der Waals surface area contributed by atoms with Crippen LogP contribution in [0.2, 0.25) is 0 Å². The molecule has 0 bridgehead atoms.